The normalized spacial score (nSPS) is 46.2. The second-order valence-corrected chi connectivity index (χ2v) is 7.86. The van der Waals surface area contributed by atoms with Gasteiger partial charge < -0.3 is 4.74 Å². The molecule has 0 amide bonds. The van der Waals surface area contributed by atoms with Crippen LogP contribution in [-0.4, -0.2) is 22.1 Å². The van der Waals surface area contributed by atoms with Crippen LogP contribution in [0.2, 0.25) is 0 Å². The highest BCUT2D eigenvalue weighted by Crippen LogP contribution is 2.62. The summed E-state index contributed by atoms with van der Waals surface area (Å²) >= 11 is 3.66. The lowest BCUT2D eigenvalue weighted by Crippen LogP contribution is -2.59. The Balaban J connectivity index is 1.81. The van der Waals surface area contributed by atoms with E-state index in [1.54, 1.807) is 0 Å². The van der Waals surface area contributed by atoms with Gasteiger partial charge >= 0.3 is 12.1 Å². The van der Waals surface area contributed by atoms with Crippen LogP contribution in [0.1, 0.15) is 38.5 Å². The van der Waals surface area contributed by atoms with Crippen molar-refractivity contribution < 1.29 is 22.7 Å². The molecule has 4 aliphatic carbocycles. The molecule has 0 aliphatic heterocycles. The molecule has 4 rings (SSSR count). The Kier molecular flexibility index (Phi) is 2.58. The standard InChI is InChI=1S/C12H14BrF3O2/c13-10-2-7-1-8(3-10)5-11(4-7,6-10)18-9(17)12(14,15)16/h7-8H,1-6H2/t7-,8+,10?,11?. The highest BCUT2D eigenvalue weighted by Gasteiger charge is 2.60. The van der Waals surface area contributed by atoms with Crippen LogP contribution in [0, 0.1) is 11.8 Å². The molecule has 2 nitrogen and oxygen atoms in total. The maximum Gasteiger partial charge on any atom is 0.490 e. The predicted molar refractivity (Wildman–Crippen MR) is 61.2 cm³/mol. The lowest BCUT2D eigenvalue weighted by Gasteiger charge is -2.59. The van der Waals surface area contributed by atoms with Crippen molar-refractivity contribution >= 4 is 21.9 Å². The van der Waals surface area contributed by atoms with Crippen LogP contribution in [-0.2, 0) is 9.53 Å². The van der Waals surface area contributed by atoms with Gasteiger partial charge in [-0.05, 0) is 43.9 Å². The van der Waals surface area contributed by atoms with E-state index in [4.69, 9.17) is 4.74 Å². The molecule has 0 aromatic rings. The number of hydrogen-bond donors (Lipinski definition) is 0. The smallest absolute Gasteiger partial charge is 0.452 e. The molecule has 4 atom stereocenters. The molecule has 6 heteroatoms. The van der Waals surface area contributed by atoms with E-state index in [1.807, 2.05) is 0 Å². The molecule has 0 aromatic heterocycles. The topological polar surface area (TPSA) is 26.3 Å². The fourth-order valence-corrected chi connectivity index (χ4v) is 5.87. The van der Waals surface area contributed by atoms with Crippen molar-refractivity contribution in [1.82, 2.24) is 0 Å². The molecule has 18 heavy (non-hydrogen) atoms. The minimum atomic E-state index is -4.89. The highest BCUT2D eigenvalue weighted by molar-refractivity contribution is 9.10. The van der Waals surface area contributed by atoms with E-state index < -0.39 is 17.7 Å². The van der Waals surface area contributed by atoms with Crippen molar-refractivity contribution in [1.29, 1.82) is 0 Å². The summed E-state index contributed by atoms with van der Waals surface area (Å²) < 4.78 is 41.8. The van der Waals surface area contributed by atoms with Crippen LogP contribution < -0.4 is 0 Å². The predicted octanol–water partition coefficient (Wildman–Crippen LogP) is 3.58. The molecule has 0 saturated heterocycles. The van der Waals surface area contributed by atoms with Gasteiger partial charge in [-0.2, -0.15) is 13.2 Å². The molecule has 0 radical (unpaired) electrons. The zero-order valence-corrected chi connectivity index (χ0v) is 11.3. The second-order valence-electron chi connectivity index (χ2n) is 6.18. The van der Waals surface area contributed by atoms with E-state index in [1.165, 1.54) is 0 Å². The molecule has 0 N–H and O–H groups in total. The zero-order chi connectivity index (χ0) is 13.2. The van der Waals surface area contributed by atoms with Gasteiger partial charge in [0.2, 0.25) is 0 Å². The van der Waals surface area contributed by atoms with Crippen LogP contribution in [0.3, 0.4) is 0 Å². The van der Waals surface area contributed by atoms with E-state index in [-0.39, 0.29) is 4.32 Å². The summed E-state index contributed by atoms with van der Waals surface area (Å²) in [6.45, 7) is 0. The molecule has 4 aliphatic rings. The van der Waals surface area contributed by atoms with Crippen molar-refractivity contribution in [3.8, 4) is 0 Å². The SMILES string of the molecule is O=C(OC12C[C@@H]3C[C@@H](CC(Br)(C3)C1)C2)C(F)(F)F. The largest absolute Gasteiger partial charge is 0.490 e. The van der Waals surface area contributed by atoms with Gasteiger partial charge in [-0.1, -0.05) is 15.9 Å². The Morgan fingerprint density at radius 3 is 2.17 bits per heavy atom. The fraction of sp³-hybridized carbons (Fsp3) is 0.917. The molecular weight excluding hydrogens is 313 g/mol. The third-order valence-corrected chi connectivity index (χ3v) is 5.40. The Labute approximate surface area is 111 Å². The second kappa shape index (κ2) is 3.64. The van der Waals surface area contributed by atoms with E-state index in [0.717, 1.165) is 19.3 Å². The summed E-state index contributed by atoms with van der Waals surface area (Å²) in [6, 6.07) is 0. The molecule has 0 spiro atoms. The van der Waals surface area contributed by atoms with Crippen LogP contribution in [0.4, 0.5) is 13.2 Å². The first-order chi connectivity index (χ1) is 8.20. The lowest BCUT2D eigenvalue weighted by atomic mass is 9.54. The van der Waals surface area contributed by atoms with Crippen molar-refractivity contribution in [2.24, 2.45) is 11.8 Å². The van der Waals surface area contributed by atoms with Gasteiger partial charge in [0.1, 0.15) is 5.60 Å². The van der Waals surface area contributed by atoms with Crippen LogP contribution >= 0.6 is 15.9 Å². The quantitative estimate of drug-likeness (QED) is 0.544. The minimum absolute atomic E-state index is 0.108. The summed E-state index contributed by atoms with van der Waals surface area (Å²) in [5.41, 5.74) is -0.875. The van der Waals surface area contributed by atoms with Gasteiger partial charge in [-0.25, -0.2) is 4.79 Å². The summed E-state index contributed by atoms with van der Waals surface area (Å²) in [5, 5.41) is 0. The van der Waals surface area contributed by atoms with Crippen LogP contribution in [0.15, 0.2) is 0 Å². The third kappa shape index (κ3) is 2.06. The van der Waals surface area contributed by atoms with Gasteiger partial charge in [-0.3, -0.25) is 0 Å². The number of esters is 1. The van der Waals surface area contributed by atoms with Gasteiger partial charge in [0.25, 0.3) is 0 Å². The molecule has 2 unspecified atom stereocenters. The Morgan fingerprint density at radius 2 is 1.72 bits per heavy atom. The molecule has 0 aromatic carbocycles. The minimum Gasteiger partial charge on any atom is -0.452 e. The zero-order valence-electron chi connectivity index (χ0n) is 9.73. The third-order valence-electron chi connectivity index (χ3n) is 4.48. The van der Waals surface area contributed by atoms with E-state index in [2.05, 4.69) is 15.9 Å². The van der Waals surface area contributed by atoms with Crippen molar-refractivity contribution in [2.45, 2.75) is 54.6 Å². The molecule has 4 bridgehead atoms. The van der Waals surface area contributed by atoms with Gasteiger partial charge in [-0.15, -0.1) is 0 Å². The maximum absolute atomic E-state index is 12.3. The number of hydrogen-bond acceptors (Lipinski definition) is 2. The number of halogens is 4. The Morgan fingerprint density at radius 1 is 1.17 bits per heavy atom. The van der Waals surface area contributed by atoms with Gasteiger partial charge in [0, 0.05) is 10.7 Å². The fourth-order valence-electron chi connectivity index (χ4n) is 4.44. The summed E-state index contributed by atoms with van der Waals surface area (Å²) in [4.78, 5) is 11.1. The van der Waals surface area contributed by atoms with E-state index in [9.17, 15) is 18.0 Å². The number of alkyl halides is 4. The van der Waals surface area contributed by atoms with Crippen molar-refractivity contribution in [3.63, 3.8) is 0 Å². The average Bonchev–Trinajstić information content (AvgIpc) is 2.10. The summed E-state index contributed by atoms with van der Waals surface area (Å²) in [7, 11) is 0. The van der Waals surface area contributed by atoms with Gasteiger partial charge in [0.05, 0.1) is 0 Å². The van der Waals surface area contributed by atoms with Crippen LogP contribution in [0.25, 0.3) is 0 Å². The van der Waals surface area contributed by atoms with Crippen molar-refractivity contribution in [2.75, 3.05) is 0 Å². The molecule has 0 heterocycles. The monoisotopic (exact) mass is 326 g/mol. The number of carbonyl (C=O) groups excluding carboxylic acids is 1. The lowest BCUT2D eigenvalue weighted by molar-refractivity contribution is -0.228. The van der Waals surface area contributed by atoms with Gasteiger partial charge in [0.15, 0.2) is 0 Å². The van der Waals surface area contributed by atoms with E-state index in [0.29, 0.717) is 31.1 Å². The molecule has 4 fully saturated rings. The number of carbonyl (C=O) groups is 1. The first kappa shape index (κ1) is 12.8. The average molecular weight is 327 g/mol. The van der Waals surface area contributed by atoms with Crippen molar-refractivity contribution in [3.05, 3.63) is 0 Å². The summed E-state index contributed by atoms with van der Waals surface area (Å²) in [5.74, 6) is -1.24. The molecule has 4 saturated carbocycles. The highest BCUT2D eigenvalue weighted by atomic mass is 79.9. The first-order valence-corrected chi connectivity index (χ1v) is 6.98. The molecular formula is C12H14BrF3O2. The molecule has 102 valence electrons. The number of ether oxygens (including phenoxy) is 1. The van der Waals surface area contributed by atoms with Crippen LogP contribution in [0.5, 0.6) is 0 Å². The summed E-state index contributed by atoms with van der Waals surface area (Å²) in [6.07, 6.45) is -0.114. The Bertz CT molecular complexity index is 379. The number of rotatable bonds is 1. The van der Waals surface area contributed by atoms with E-state index >= 15 is 0 Å². The first-order valence-electron chi connectivity index (χ1n) is 6.19. The maximum atomic E-state index is 12.3. The Hall–Kier alpha value is -0.260.